The van der Waals surface area contributed by atoms with Crippen LogP contribution in [0, 0.1) is 5.41 Å². The summed E-state index contributed by atoms with van der Waals surface area (Å²) in [7, 11) is -11.1. The van der Waals surface area contributed by atoms with E-state index in [9.17, 15) is 39.6 Å². The number of allylic oxidation sites excluding steroid dienone is 1. The zero-order valence-corrected chi connectivity index (χ0v) is 44.9. The molecule has 22 heteroatoms. The average Bonchev–Trinajstić information content (AvgIpc) is 4.10. The number of aromatic amines is 1. The minimum absolute atomic E-state index is 0.0242. The van der Waals surface area contributed by atoms with E-state index in [1.165, 1.54) is 29.0 Å². The summed E-state index contributed by atoms with van der Waals surface area (Å²) in [4.78, 5) is 40.4. The van der Waals surface area contributed by atoms with Gasteiger partial charge in [0.15, 0.2) is 0 Å². The van der Waals surface area contributed by atoms with Crippen LogP contribution in [-0.4, -0.2) is 136 Å². The fourth-order valence-electron chi connectivity index (χ4n) is 10.5. The molecule has 4 aliphatic rings. The quantitative estimate of drug-likeness (QED) is 0.0843. The van der Waals surface area contributed by atoms with E-state index < -0.39 is 52.4 Å². The summed E-state index contributed by atoms with van der Waals surface area (Å²) in [5.74, 6) is -0.961. The third-order valence-corrected chi connectivity index (χ3v) is 17.5. The summed E-state index contributed by atoms with van der Waals surface area (Å²) in [5, 5.41) is 4.15. The van der Waals surface area contributed by atoms with Crippen molar-refractivity contribution in [2.75, 3.05) is 69.1 Å². The van der Waals surface area contributed by atoms with Crippen molar-refractivity contribution in [3.05, 3.63) is 107 Å². The van der Waals surface area contributed by atoms with Gasteiger partial charge in [-0.1, -0.05) is 43.2 Å². The standard InChI is InChI=1S/C53H62ClF3N8O8S2/c1-51(2,3)73-50(67)65-33-39-26-40(65)32-64(39)20-6-18-58-45-14-12-42(28-47(45)74(68,69)53(55,56)57)75(70,71)61-49(66)43-13-11-38(27-46(43)72-41-25-35-16-19-59-48(35)60-30-41)63-23-21-62(22-24-63)31-36-15-17-52(4,5)29-44(36)34-7-9-37(54)10-8-34/h7-14,16,19,25,27-28,30,39-40,58H,6,15,17-18,20-24,26,29,31-33H2,1-5H3,(H,59,60)(H,61,66)/t39-,40-/m1/s1. The Hall–Kier alpha value is -5.87. The van der Waals surface area contributed by atoms with Crippen molar-refractivity contribution in [2.24, 2.45) is 5.41 Å². The number of piperazine rings is 2. The van der Waals surface area contributed by atoms with E-state index in [4.69, 9.17) is 21.1 Å². The largest absolute Gasteiger partial charge is 0.501 e. The summed E-state index contributed by atoms with van der Waals surface area (Å²) >= 11 is 6.24. The van der Waals surface area contributed by atoms with Gasteiger partial charge in [-0.05, 0) is 124 Å². The minimum Gasteiger partial charge on any atom is -0.455 e. The van der Waals surface area contributed by atoms with Crippen molar-refractivity contribution >= 4 is 71.4 Å². The lowest BCUT2D eigenvalue weighted by Gasteiger charge is -2.39. The predicted molar refractivity (Wildman–Crippen MR) is 281 cm³/mol. The van der Waals surface area contributed by atoms with E-state index in [1.54, 1.807) is 56.1 Å². The molecule has 2 amide bonds. The number of amides is 2. The van der Waals surface area contributed by atoms with Crippen LogP contribution in [0.15, 0.2) is 101 Å². The Morgan fingerprint density at radius 2 is 1.67 bits per heavy atom. The van der Waals surface area contributed by atoms with Gasteiger partial charge in [-0.3, -0.25) is 14.6 Å². The number of anilines is 2. The molecule has 3 saturated heterocycles. The maximum Gasteiger partial charge on any atom is 0.501 e. The van der Waals surface area contributed by atoms with Crippen molar-refractivity contribution in [3.63, 3.8) is 0 Å². The fraction of sp³-hybridized carbons (Fsp3) is 0.453. The maximum absolute atomic E-state index is 14.2. The van der Waals surface area contributed by atoms with E-state index in [1.807, 2.05) is 16.9 Å². The highest BCUT2D eigenvalue weighted by atomic mass is 35.5. The van der Waals surface area contributed by atoms with Crippen LogP contribution in [0.5, 0.6) is 11.5 Å². The number of halogens is 4. The molecule has 2 bridgehead atoms. The van der Waals surface area contributed by atoms with Gasteiger partial charge in [0.2, 0.25) is 0 Å². The lowest BCUT2D eigenvalue weighted by atomic mass is 9.72. The van der Waals surface area contributed by atoms with Crippen LogP contribution in [0.2, 0.25) is 5.02 Å². The van der Waals surface area contributed by atoms with Crippen molar-refractivity contribution < 1.29 is 49.1 Å². The Balaban J connectivity index is 0.899. The number of carbonyl (C=O) groups excluding carboxylic acids is 2. The molecule has 1 aliphatic carbocycles. The van der Waals surface area contributed by atoms with Gasteiger partial charge in [0, 0.05) is 99.3 Å². The van der Waals surface area contributed by atoms with Crippen molar-refractivity contribution in [1.29, 1.82) is 0 Å². The normalized spacial score (nSPS) is 19.7. The number of pyridine rings is 1. The molecule has 3 fully saturated rings. The number of sulfonamides is 1. The number of benzene rings is 3. The average molecular weight is 1100 g/mol. The van der Waals surface area contributed by atoms with Gasteiger partial charge in [-0.15, -0.1) is 0 Å². The Kier molecular flexibility index (Phi) is 15.0. The zero-order chi connectivity index (χ0) is 53.7. The second kappa shape index (κ2) is 20.9. The molecule has 3 N–H and O–H groups in total. The molecule has 3 aliphatic heterocycles. The molecule has 75 heavy (non-hydrogen) atoms. The van der Waals surface area contributed by atoms with Crippen molar-refractivity contribution in [2.45, 2.75) is 99.7 Å². The molecule has 16 nitrogen and oxygen atoms in total. The topological polar surface area (TPSA) is 187 Å². The molecular formula is C53H62ClF3N8O8S2. The molecule has 2 aromatic heterocycles. The highest BCUT2D eigenvalue weighted by Gasteiger charge is 2.49. The lowest BCUT2D eigenvalue weighted by Crippen LogP contribution is -2.50. The number of fused-ring (bicyclic) bond motifs is 3. The molecule has 402 valence electrons. The molecule has 0 unspecified atom stereocenters. The van der Waals surface area contributed by atoms with E-state index in [-0.39, 0.29) is 47.2 Å². The summed E-state index contributed by atoms with van der Waals surface area (Å²) in [6, 6.07) is 18.5. The number of rotatable bonds is 15. The molecule has 3 aromatic carbocycles. The van der Waals surface area contributed by atoms with E-state index in [0.29, 0.717) is 67.0 Å². The van der Waals surface area contributed by atoms with Crippen LogP contribution in [0.1, 0.15) is 82.6 Å². The first-order chi connectivity index (χ1) is 35.3. The lowest BCUT2D eigenvalue weighted by molar-refractivity contribution is -0.0436. The van der Waals surface area contributed by atoms with Gasteiger partial charge in [0.1, 0.15) is 27.6 Å². The number of aromatic nitrogens is 2. The third kappa shape index (κ3) is 12.2. The number of H-pyrrole nitrogens is 1. The van der Waals surface area contributed by atoms with Gasteiger partial charge < -0.3 is 29.6 Å². The van der Waals surface area contributed by atoms with Gasteiger partial charge in [-0.2, -0.15) is 13.2 Å². The molecule has 0 saturated carbocycles. The third-order valence-electron chi connectivity index (χ3n) is 14.3. The molecule has 0 radical (unpaired) electrons. The number of sulfone groups is 1. The number of nitrogens with one attached hydrogen (secondary N) is 3. The predicted octanol–water partition coefficient (Wildman–Crippen LogP) is 9.70. The SMILES string of the molecule is CC1(C)CCC(CN2CCN(c3ccc(C(=O)NS(=O)(=O)c4ccc(NCCCN5C[C@H]6C[C@@H]5CN6C(=O)OC(C)(C)C)c(S(=O)(=O)C(F)(F)F)c4)c(Oc4cnc5[nH]ccc5c4)c3)CC2)=C(c2ccc(Cl)cc2)C1. The smallest absolute Gasteiger partial charge is 0.455 e. The van der Waals surface area contributed by atoms with Crippen LogP contribution < -0.4 is 19.7 Å². The second-order valence-electron chi connectivity index (χ2n) is 21.6. The fourth-order valence-corrected chi connectivity index (χ4v) is 12.6. The number of carbonyl (C=O) groups is 2. The Bertz CT molecular complexity index is 3230. The monoisotopic (exact) mass is 1090 g/mol. The molecule has 9 rings (SSSR count). The summed E-state index contributed by atoms with van der Waals surface area (Å²) in [6.45, 7) is 15.1. The van der Waals surface area contributed by atoms with Crippen LogP contribution in [0.25, 0.3) is 16.6 Å². The van der Waals surface area contributed by atoms with Gasteiger partial charge in [-0.25, -0.2) is 31.3 Å². The number of ether oxygens (including phenoxy) is 2. The number of alkyl halides is 3. The van der Waals surface area contributed by atoms with Crippen molar-refractivity contribution in [1.82, 2.24) is 29.4 Å². The Morgan fingerprint density at radius 1 is 0.920 bits per heavy atom. The first kappa shape index (κ1) is 53.9. The van der Waals surface area contributed by atoms with E-state index >= 15 is 0 Å². The zero-order valence-electron chi connectivity index (χ0n) is 42.5. The highest BCUT2D eigenvalue weighted by Crippen LogP contribution is 2.44. The molecule has 2 atom stereocenters. The van der Waals surface area contributed by atoms with Crippen molar-refractivity contribution in [3.8, 4) is 11.5 Å². The number of nitrogens with zero attached hydrogens (tertiary/aromatic N) is 5. The first-order valence-corrected chi connectivity index (χ1v) is 28.4. The van der Waals surface area contributed by atoms with Crippen LogP contribution in [-0.2, 0) is 24.6 Å². The van der Waals surface area contributed by atoms with Crippen LogP contribution in [0.4, 0.5) is 29.3 Å². The summed E-state index contributed by atoms with van der Waals surface area (Å²) < 4.78 is 110. The second-order valence-corrected chi connectivity index (χ2v) is 25.6. The van der Waals surface area contributed by atoms with Gasteiger partial charge >= 0.3 is 11.6 Å². The van der Waals surface area contributed by atoms with E-state index in [2.05, 4.69) is 56.0 Å². The number of hydrogen-bond donors (Lipinski definition) is 3. The first-order valence-electron chi connectivity index (χ1n) is 25.0. The number of hydrogen-bond acceptors (Lipinski definition) is 13. The van der Waals surface area contributed by atoms with Crippen LogP contribution in [0.3, 0.4) is 0 Å². The molecule has 0 spiro atoms. The van der Waals surface area contributed by atoms with Gasteiger partial charge in [0.25, 0.3) is 25.8 Å². The highest BCUT2D eigenvalue weighted by molar-refractivity contribution is 7.92. The molecule has 5 heterocycles. The Morgan fingerprint density at radius 3 is 2.36 bits per heavy atom. The summed E-state index contributed by atoms with van der Waals surface area (Å²) in [5.41, 5.74) is -1.69. The van der Waals surface area contributed by atoms with Crippen LogP contribution >= 0.6 is 11.6 Å². The molecule has 5 aromatic rings. The molecular weight excluding hydrogens is 1030 g/mol. The Labute approximate surface area is 440 Å². The van der Waals surface area contributed by atoms with Gasteiger partial charge in [0.05, 0.1) is 22.3 Å². The summed E-state index contributed by atoms with van der Waals surface area (Å²) in [6.07, 6.45) is 6.94. The number of likely N-dealkylation sites (tertiary alicyclic amines) is 2. The maximum atomic E-state index is 14.2. The minimum atomic E-state index is -6.10. The van der Waals surface area contributed by atoms with E-state index in [0.717, 1.165) is 57.5 Å².